The van der Waals surface area contributed by atoms with Crippen LogP contribution in [-0.4, -0.2) is 23.5 Å². The Kier molecular flexibility index (Phi) is 3.57. The number of aryl methyl sites for hydroxylation is 1. The zero-order chi connectivity index (χ0) is 11.4. The first-order chi connectivity index (χ1) is 7.75. The summed E-state index contributed by atoms with van der Waals surface area (Å²) in [6, 6.07) is 10.7. The summed E-state index contributed by atoms with van der Waals surface area (Å²) in [5.74, 6) is 0.223. The maximum absolute atomic E-state index is 11.5. The molecular formula is C13H18N2O. The Labute approximate surface area is 96.4 Å². The number of nitrogens with one attached hydrogen (secondary N) is 1. The molecule has 1 N–H and O–H groups in total. The zero-order valence-corrected chi connectivity index (χ0v) is 9.65. The van der Waals surface area contributed by atoms with Gasteiger partial charge >= 0.3 is 0 Å². The van der Waals surface area contributed by atoms with Crippen molar-refractivity contribution in [2.24, 2.45) is 0 Å². The van der Waals surface area contributed by atoms with Crippen LogP contribution in [0.15, 0.2) is 30.3 Å². The number of amides is 1. The van der Waals surface area contributed by atoms with E-state index in [9.17, 15) is 4.79 Å². The molecule has 16 heavy (non-hydrogen) atoms. The number of benzene rings is 1. The lowest BCUT2D eigenvalue weighted by molar-refractivity contribution is -0.129. The van der Waals surface area contributed by atoms with Crippen LogP contribution < -0.4 is 5.43 Å². The number of hydrogen-bond donors (Lipinski definition) is 1. The molecule has 1 saturated heterocycles. The second-order valence-corrected chi connectivity index (χ2v) is 4.37. The molecule has 0 aliphatic carbocycles. The molecule has 3 nitrogen and oxygen atoms in total. The van der Waals surface area contributed by atoms with Crippen LogP contribution in [-0.2, 0) is 11.2 Å². The van der Waals surface area contributed by atoms with Gasteiger partial charge in [-0.1, -0.05) is 30.3 Å². The minimum absolute atomic E-state index is 0.223. The van der Waals surface area contributed by atoms with Crippen molar-refractivity contribution in [3.05, 3.63) is 35.9 Å². The van der Waals surface area contributed by atoms with Gasteiger partial charge in [0.25, 0.3) is 0 Å². The Hall–Kier alpha value is -1.35. The summed E-state index contributed by atoms with van der Waals surface area (Å²) < 4.78 is 0. The van der Waals surface area contributed by atoms with Gasteiger partial charge in [-0.2, -0.15) is 0 Å². The second kappa shape index (κ2) is 5.12. The first kappa shape index (κ1) is 11.1. The van der Waals surface area contributed by atoms with Crippen LogP contribution in [0.3, 0.4) is 0 Å². The fourth-order valence-electron chi connectivity index (χ4n) is 2.03. The highest BCUT2D eigenvalue weighted by atomic mass is 16.2. The molecule has 0 radical (unpaired) electrons. The molecule has 0 bridgehead atoms. The van der Waals surface area contributed by atoms with Crippen molar-refractivity contribution in [2.75, 3.05) is 6.54 Å². The van der Waals surface area contributed by atoms with Crippen molar-refractivity contribution < 1.29 is 4.79 Å². The molecule has 1 fully saturated rings. The normalized spacial score (nSPS) is 20.4. The Morgan fingerprint density at radius 2 is 2.12 bits per heavy atom. The first-order valence-corrected chi connectivity index (χ1v) is 5.86. The summed E-state index contributed by atoms with van der Waals surface area (Å²) in [4.78, 5) is 11.5. The van der Waals surface area contributed by atoms with Gasteiger partial charge in [0.2, 0.25) is 5.91 Å². The van der Waals surface area contributed by atoms with E-state index in [-0.39, 0.29) is 5.91 Å². The van der Waals surface area contributed by atoms with Crippen LogP contribution in [0, 0.1) is 0 Å². The van der Waals surface area contributed by atoms with Crippen LogP contribution in [0.4, 0.5) is 0 Å². The number of nitrogens with zero attached hydrogens (tertiary/aromatic N) is 1. The summed E-state index contributed by atoms with van der Waals surface area (Å²) in [6.07, 6.45) is 2.67. The van der Waals surface area contributed by atoms with Crippen molar-refractivity contribution >= 4 is 5.91 Å². The van der Waals surface area contributed by atoms with Gasteiger partial charge in [0.05, 0.1) is 0 Å². The number of carbonyl (C=O) groups excluding carboxylic acids is 1. The van der Waals surface area contributed by atoms with Crippen LogP contribution in [0.2, 0.25) is 0 Å². The highest BCUT2D eigenvalue weighted by Crippen LogP contribution is 2.09. The van der Waals surface area contributed by atoms with E-state index in [2.05, 4.69) is 29.7 Å². The minimum Gasteiger partial charge on any atom is -0.278 e. The summed E-state index contributed by atoms with van der Waals surface area (Å²) in [5, 5.41) is 1.76. The number of hydrazine groups is 1. The lowest BCUT2D eigenvalue weighted by Gasteiger charge is -2.16. The fourth-order valence-corrected chi connectivity index (χ4v) is 2.03. The number of carbonyl (C=O) groups is 1. The molecule has 0 saturated carbocycles. The van der Waals surface area contributed by atoms with E-state index >= 15 is 0 Å². The third-order valence-electron chi connectivity index (χ3n) is 2.85. The lowest BCUT2D eigenvalue weighted by Crippen LogP contribution is -2.37. The Morgan fingerprint density at radius 1 is 1.38 bits per heavy atom. The van der Waals surface area contributed by atoms with E-state index in [1.54, 1.807) is 5.01 Å². The molecular weight excluding hydrogens is 200 g/mol. The topological polar surface area (TPSA) is 32.3 Å². The molecule has 1 heterocycles. The van der Waals surface area contributed by atoms with Gasteiger partial charge in [-0.25, -0.2) is 5.43 Å². The van der Waals surface area contributed by atoms with Gasteiger partial charge in [0.15, 0.2) is 0 Å². The van der Waals surface area contributed by atoms with Crippen molar-refractivity contribution in [2.45, 2.75) is 32.2 Å². The van der Waals surface area contributed by atoms with Gasteiger partial charge in [0.1, 0.15) is 0 Å². The Balaban J connectivity index is 1.74. The summed E-state index contributed by atoms with van der Waals surface area (Å²) >= 11 is 0. The van der Waals surface area contributed by atoms with E-state index in [0.29, 0.717) is 12.5 Å². The van der Waals surface area contributed by atoms with E-state index in [1.807, 2.05) is 13.0 Å². The fraction of sp³-hybridized carbons (Fsp3) is 0.462. The second-order valence-electron chi connectivity index (χ2n) is 4.37. The van der Waals surface area contributed by atoms with Crippen LogP contribution >= 0.6 is 0 Å². The molecule has 86 valence electrons. The van der Waals surface area contributed by atoms with Crippen molar-refractivity contribution in [3.63, 3.8) is 0 Å². The lowest BCUT2D eigenvalue weighted by atomic mass is 10.1. The van der Waals surface area contributed by atoms with Gasteiger partial charge in [-0.05, 0) is 25.3 Å². The van der Waals surface area contributed by atoms with Gasteiger partial charge in [-0.3, -0.25) is 9.80 Å². The van der Waals surface area contributed by atoms with Gasteiger partial charge in [0, 0.05) is 19.0 Å². The zero-order valence-electron chi connectivity index (χ0n) is 9.65. The predicted molar refractivity (Wildman–Crippen MR) is 63.7 cm³/mol. The maximum atomic E-state index is 11.5. The monoisotopic (exact) mass is 218 g/mol. The molecule has 2 rings (SSSR count). The average molecular weight is 218 g/mol. The largest absolute Gasteiger partial charge is 0.278 e. The smallest absolute Gasteiger partial charge is 0.238 e. The summed E-state index contributed by atoms with van der Waals surface area (Å²) in [7, 11) is 0. The predicted octanol–water partition coefficient (Wildman–Crippen LogP) is 1.74. The maximum Gasteiger partial charge on any atom is 0.238 e. The third-order valence-corrected chi connectivity index (χ3v) is 2.85. The highest BCUT2D eigenvalue weighted by molar-refractivity contribution is 5.78. The molecule has 1 unspecified atom stereocenters. The average Bonchev–Trinajstić information content (AvgIpc) is 2.59. The van der Waals surface area contributed by atoms with Gasteiger partial charge in [-0.15, -0.1) is 0 Å². The van der Waals surface area contributed by atoms with E-state index in [4.69, 9.17) is 0 Å². The SMILES string of the molecule is CC1CC(=O)N(CCCc2ccccc2)N1. The molecule has 1 aliphatic heterocycles. The minimum atomic E-state index is 0.223. The standard InChI is InChI=1S/C13H18N2O/c1-11-10-13(16)15(14-11)9-5-8-12-6-3-2-4-7-12/h2-4,6-7,11,14H,5,8-10H2,1H3. The van der Waals surface area contributed by atoms with Gasteiger partial charge < -0.3 is 0 Å². The third kappa shape index (κ3) is 2.83. The van der Waals surface area contributed by atoms with E-state index < -0.39 is 0 Å². The molecule has 1 aromatic carbocycles. The molecule has 0 spiro atoms. The summed E-state index contributed by atoms with van der Waals surface area (Å²) in [6.45, 7) is 2.84. The molecule has 1 aromatic rings. The van der Waals surface area contributed by atoms with Crippen LogP contribution in [0.1, 0.15) is 25.3 Å². The van der Waals surface area contributed by atoms with Crippen LogP contribution in [0.5, 0.6) is 0 Å². The van der Waals surface area contributed by atoms with Crippen molar-refractivity contribution in [3.8, 4) is 0 Å². The molecule has 1 aliphatic rings. The van der Waals surface area contributed by atoms with E-state index in [0.717, 1.165) is 19.4 Å². The number of rotatable bonds is 4. The summed E-state index contributed by atoms with van der Waals surface area (Å²) in [5.41, 5.74) is 4.51. The van der Waals surface area contributed by atoms with Crippen molar-refractivity contribution in [1.82, 2.24) is 10.4 Å². The quantitative estimate of drug-likeness (QED) is 0.835. The molecule has 0 aromatic heterocycles. The number of hydrogen-bond acceptors (Lipinski definition) is 2. The van der Waals surface area contributed by atoms with E-state index in [1.165, 1.54) is 5.56 Å². The highest BCUT2D eigenvalue weighted by Gasteiger charge is 2.24. The van der Waals surface area contributed by atoms with Crippen LogP contribution in [0.25, 0.3) is 0 Å². The van der Waals surface area contributed by atoms with Crippen molar-refractivity contribution in [1.29, 1.82) is 0 Å². The molecule has 1 atom stereocenters. The first-order valence-electron chi connectivity index (χ1n) is 5.86. The molecule has 1 amide bonds. The Morgan fingerprint density at radius 3 is 2.75 bits per heavy atom. The molecule has 3 heteroatoms. The Bertz CT molecular complexity index is 350.